The SMILES string of the molecule is N#Cc1ccc(NC(=O)c2ccc(CCN)cc2)c(Cl)c1. The summed E-state index contributed by atoms with van der Waals surface area (Å²) < 4.78 is 0. The summed E-state index contributed by atoms with van der Waals surface area (Å²) in [4.78, 5) is 12.1. The lowest BCUT2D eigenvalue weighted by molar-refractivity contribution is 0.102. The van der Waals surface area contributed by atoms with Gasteiger partial charge < -0.3 is 11.1 Å². The smallest absolute Gasteiger partial charge is 0.255 e. The molecule has 3 N–H and O–H groups in total. The quantitative estimate of drug-likeness (QED) is 0.911. The normalized spacial score (nSPS) is 9.95. The Balaban J connectivity index is 2.12. The second-order valence-corrected chi connectivity index (χ2v) is 4.90. The number of nitrogens with one attached hydrogen (secondary N) is 1. The number of nitrogens with two attached hydrogens (primary N) is 1. The average molecular weight is 300 g/mol. The van der Waals surface area contributed by atoms with Gasteiger partial charge in [0, 0.05) is 5.56 Å². The number of nitriles is 1. The zero-order chi connectivity index (χ0) is 15.2. The van der Waals surface area contributed by atoms with Crippen LogP contribution >= 0.6 is 11.6 Å². The Morgan fingerprint density at radius 1 is 1.24 bits per heavy atom. The van der Waals surface area contributed by atoms with E-state index in [1.807, 2.05) is 18.2 Å². The van der Waals surface area contributed by atoms with Crippen molar-refractivity contribution in [1.29, 1.82) is 5.26 Å². The van der Waals surface area contributed by atoms with Crippen molar-refractivity contribution < 1.29 is 4.79 Å². The topological polar surface area (TPSA) is 78.9 Å². The zero-order valence-corrected chi connectivity index (χ0v) is 12.0. The first-order valence-corrected chi connectivity index (χ1v) is 6.82. The molecule has 2 aromatic rings. The lowest BCUT2D eigenvalue weighted by atomic mass is 10.1. The van der Waals surface area contributed by atoms with E-state index in [0.717, 1.165) is 12.0 Å². The van der Waals surface area contributed by atoms with Crippen molar-refractivity contribution in [2.45, 2.75) is 6.42 Å². The predicted octanol–water partition coefficient (Wildman–Crippen LogP) is 2.97. The van der Waals surface area contributed by atoms with Gasteiger partial charge in [-0.25, -0.2) is 0 Å². The molecule has 106 valence electrons. The largest absolute Gasteiger partial charge is 0.330 e. The molecule has 0 aliphatic rings. The Bertz CT molecular complexity index is 690. The summed E-state index contributed by atoms with van der Waals surface area (Å²) in [6, 6.07) is 14.0. The molecule has 0 bridgehead atoms. The molecule has 21 heavy (non-hydrogen) atoms. The predicted molar refractivity (Wildman–Crippen MR) is 83.3 cm³/mol. The monoisotopic (exact) mass is 299 g/mol. The molecule has 0 aliphatic heterocycles. The molecule has 2 rings (SSSR count). The molecule has 0 atom stereocenters. The van der Waals surface area contributed by atoms with Crippen molar-refractivity contribution in [3.05, 3.63) is 64.2 Å². The van der Waals surface area contributed by atoms with Crippen molar-refractivity contribution in [1.82, 2.24) is 0 Å². The Hall–Kier alpha value is -2.35. The van der Waals surface area contributed by atoms with Gasteiger partial charge in [-0.1, -0.05) is 23.7 Å². The van der Waals surface area contributed by atoms with Crippen LogP contribution in [0.4, 0.5) is 5.69 Å². The summed E-state index contributed by atoms with van der Waals surface area (Å²) in [7, 11) is 0. The van der Waals surface area contributed by atoms with Gasteiger partial charge in [-0.15, -0.1) is 0 Å². The Morgan fingerprint density at radius 3 is 2.52 bits per heavy atom. The number of hydrogen-bond donors (Lipinski definition) is 2. The molecule has 5 heteroatoms. The summed E-state index contributed by atoms with van der Waals surface area (Å²) in [5.74, 6) is -0.249. The van der Waals surface area contributed by atoms with E-state index in [-0.39, 0.29) is 5.91 Å². The molecular formula is C16H14ClN3O. The molecule has 0 saturated carbocycles. The van der Waals surface area contributed by atoms with Crippen LogP contribution in [0.5, 0.6) is 0 Å². The minimum absolute atomic E-state index is 0.249. The van der Waals surface area contributed by atoms with Crippen LogP contribution in [0.15, 0.2) is 42.5 Å². The van der Waals surface area contributed by atoms with Gasteiger partial charge in [0.25, 0.3) is 5.91 Å². The van der Waals surface area contributed by atoms with Crippen molar-refractivity contribution in [3.63, 3.8) is 0 Å². The van der Waals surface area contributed by atoms with Crippen molar-refractivity contribution in [3.8, 4) is 6.07 Å². The van der Waals surface area contributed by atoms with Crippen molar-refractivity contribution >= 4 is 23.2 Å². The summed E-state index contributed by atoms with van der Waals surface area (Å²) in [5, 5.41) is 11.8. The Kier molecular flexibility index (Phi) is 4.94. The molecule has 0 aliphatic carbocycles. The van der Waals surface area contributed by atoms with Gasteiger partial charge in [-0.05, 0) is 48.9 Å². The Labute approximate surface area is 128 Å². The van der Waals surface area contributed by atoms with Crippen molar-refractivity contribution in [2.24, 2.45) is 5.73 Å². The zero-order valence-electron chi connectivity index (χ0n) is 11.3. The van der Waals surface area contributed by atoms with E-state index in [2.05, 4.69) is 5.32 Å². The number of nitrogens with zero attached hydrogens (tertiary/aromatic N) is 1. The molecule has 2 aromatic carbocycles. The first-order valence-electron chi connectivity index (χ1n) is 6.44. The minimum atomic E-state index is -0.249. The lowest BCUT2D eigenvalue weighted by Gasteiger charge is -2.08. The molecule has 0 saturated heterocycles. The number of halogens is 1. The van der Waals surface area contributed by atoms with E-state index >= 15 is 0 Å². The second kappa shape index (κ2) is 6.89. The summed E-state index contributed by atoms with van der Waals surface area (Å²) in [5.41, 5.74) is 8.04. The molecule has 1 amide bonds. The third-order valence-corrected chi connectivity index (χ3v) is 3.31. The number of anilines is 1. The molecule has 0 radical (unpaired) electrons. The molecule has 0 aromatic heterocycles. The fraction of sp³-hybridized carbons (Fsp3) is 0.125. The second-order valence-electron chi connectivity index (χ2n) is 4.50. The molecule has 0 heterocycles. The molecule has 4 nitrogen and oxygen atoms in total. The van der Waals surface area contributed by atoms with Crippen LogP contribution in [0.3, 0.4) is 0 Å². The fourth-order valence-corrected chi connectivity index (χ4v) is 2.10. The Morgan fingerprint density at radius 2 is 1.95 bits per heavy atom. The number of hydrogen-bond acceptors (Lipinski definition) is 3. The maximum absolute atomic E-state index is 12.1. The fourth-order valence-electron chi connectivity index (χ4n) is 1.87. The van der Waals surface area contributed by atoms with Crippen LogP contribution in [-0.4, -0.2) is 12.5 Å². The maximum Gasteiger partial charge on any atom is 0.255 e. The van der Waals surface area contributed by atoms with Gasteiger partial charge in [0.05, 0.1) is 22.3 Å². The molecule has 0 spiro atoms. The highest BCUT2D eigenvalue weighted by Gasteiger charge is 2.09. The summed E-state index contributed by atoms with van der Waals surface area (Å²) >= 11 is 6.03. The van der Waals surface area contributed by atoms with Crippen molar-refractivity contribution in [2.75, 3.05) is 11.9 Å². The highest BCUT2D eigenvalue weighted by atomic mass is 35.5. The number of carbonyl (C=O) groups is 1. The summed E-state index contributed by atoms with van der Waals surface area (Å²) in [6.45, 7) is 0.576. The van der Waals surface area contributed by atoms with E-state index in [4.69, 9.17) is 22.6 Å². The van der Waals surface area contributed by atoms with Gasteiger partial charge in [0.2, 0.25) is 0 Å². The number of benzene rings is 2. The maximum atomic E-state index is 12.1. The standard InChI is InChI=1S/C16H14ClN3O/c17-14-9-12(10-19)3-6-15(14)20-16(21)13-4-1-11(2-5-13)7-8-18/h1-6,9H,7-8,18H2,(H,20,21). The molecule has 0 unspecified atom stereocenters. The molecular weight excluding hydrogens is 286 g/mol. The lowest BCUT2D eigenvalue weighted by Crippen LogP contribution is -2.12. The first kappa shape index (κ1) is 15.0. The van der Waals surface area contributed by atoms with Gasteiger partial charge in [0.15, 0.2) is 0 Å². The van der Waals surface area contributed by atoms with Crippen LogP contribution in [-0.2, 0) is 6.42 Å². The van der Waals surface area contributed by atoms with E-state index in [9.17, 15) is 4.79 Å². The minimum Gasteiger partial charge on any atom is -0.330 e. The van der Waals surface area contributed by atoms with Gasteiger partial charge in [-0.2, -0.15) is 5.26 Å². The van der Waals surface area contributed by atoms with Crippen LogP contribution < -0.4 is 11.1 Å². The van der Waals surface area contributed by atoms with E-state index in [0.29, 0.717) is 28.4 Å². The first-order chi connectivity index (χ1) is 10.1. The number of carbonyl (C=O) groups excluding carboxylic acids is 1. The van der Waals surface area contributed by atoms with Crippen LogP contribution in [0.2, 0.25) is 5.02 Å². The summed E-state index contributed by atoms with van der Waals surface area (Å²) in [6.07, 6.45) is 0.781. The highest BCUT2D eigenvalue weighted by Crippen LogP contribution is 2.23. The van der Waals surface area contributed by atoms with E-state index < -0.39 is 0 Å². The van der Waals surface area contributed by atoms with Gasteiger partial charge >= 0.3 is 0 Å². The highest BCUT2D eigenvalue weighted by molar-refractivity contribution is 6.34. The van der Waals surface area contributed by atoms with Crippen LogP contribution in [0, 0.1) is 11.3 Å². The van der Waals surface area contributed by atoms with E-state index in [1.54, 1.807) is 24.3 Å². The molecule has 0 fully saturated rings. The third-order valence-electron chi connectivity index (χ3n) is 3.00. The van der Waals surface area contributed by atoms with Crippen LogP contribution in [0.25, 0.3) is 0 Å². The van der Waals surface area contributed by atoms with Crippen LogP contribution in [0.1, 0.15) is 21.5 Å². The average Bonchev–Trinajstić information content (AvgIpc) is 2.50. The number of amides is 1. The van der Waals surface area contributed by atoms with Gasteiger partial charge in [0.1, 0.15) is 0 Å². The van der Waals surface area contributed by atoms with Gasteiger partial charge in [-0.3, -0.25) is 4.79 Å². The third kappa shape index (κ3) is 3.82. The number of rotatable bonds is 4. The van der Waals surface area contributed by atoms with E-state index in [1.165, 1.54) is 6.07 Å².